The number of aliphatic hydroxyl groups is 1. The molecule has 1 heterocycles. The quantitative estimate of drug-likeness (QED) is 0.715. The third-order valence-electron chi connectivity index (χ3n) is 2.71. The molecule has 0 saturated carbocycles. The van der Waals surface area contributed by atoms with Crippen LogP contribution in [0.5, 0.6) is 0 Å². The summed E-state index contributed by atoms with van der Waals surface area (Å²) in [6, 6.07) is 0. The summed E-state index contributed by atoms with van der Waals surface area (Å²) in [6.07, 6.45) is 2.45. The molecule has 0 aromatic carbocycles. The van der Waals surface area contributed by atoms with Gasteiger partial charge in [0.25, 0.3) is 0 Å². The Morgan fingerprint density at radius 3 is 2.50 bits per heavy atom. The van der Waals surface area contributed by atoms with Gasteiger partial charge in [0.1, 0.15) is 0 Å². The van der Waals surface area contributed by atoms with Gasteiger partial charge in [0.05, 0.1) is 27.2 Å². The summed E-state index contributed by atoms with van der Waals surface area (Å²) in [7, 11) is 2.63. The van der Waals surface area contributed by atoms with Crippen molar-refractivity contribution >= 4 is 11.9 Å². The van der Waals surface area contributed by atoms with Gasteiger partial charge in [-0.3, -0.25) is 9.59 Å². The molecule has 0 atom stereocenters. The van der Waals surface area contributed by atoms with E-state index in [-0.39, 0.29) is 31.4 Å². The van der Waals surface area contributed by atoms with Crippen LogP contribution in [-0.4, -0.2) is 36.2 Å². The lowest BCUT2D eigenvalue weighted by Crippen LogP contribution is -2.09. The molecular formula is C12H17NO5. The Morgan fingerprint density at radius 1 is 1.28 bits per heavy atom. The molecule has 6 nitrogen and oxygen atoms in total. The first-order valence-electron chi connectivity index (χ1n) is 5.54. The minimum Gasteiger partial charge on any atom is -0.469 e. The van der Waals surface area contributed by atoms with Crippen molar-refractivity contribution in [3.05, 3.63) is 23.0 Å². The summed E-state index contributed by atoms with van der Waals surface area (Å²) in [4.78, 5) is 25.2. The maximum absolute atomic E-state index is 11.3. The van der Waals surface area contributed by atoms with Crippen LogP contribution in [0.3, 0.4) is 0 Å². The van der Waals surface area contributed by atoms with E-state index in [1.807, 2.05) is 0 Å². The number of H-pyrrole nitrogens is 1. The smallest absolute Gasteiger partial charge is 0.310 e. The molecule has 0 aliphatic heterocycles. The Morgan fingerprint density at radius 2 is 1.94 bits per heavy atom. The highest BCUT2D eigenvalue weighted by Gasteiger charge is 2.15. The highest BCUT2D eigenvalue weighted by Crippen LogP contribution is 2.17. The predicted octanol–water partition coefficient (Wildman–Crippen LogP) is 0.328. The van der Waals surface area contributed by atoms with E-state index in [1.54, 1.807) is 6.20 Å². The van der Waals surface area contributed by atoms with Crippen molar-refractivity contribution in [3.63, 3.8) is 0 Å². The molecule has 0 aliphatic rings. The molecule has 0 spiro atoms. The third-order valence-corrected chi connectivity index (χ3v) is 2.71. The molecule has 6 heteroatoms. The van der Waals surface area contributed by atoms with Crippen LogP contribution in [0.15, 0.2) is 6.20 Å². The summed E-state index contributed by atoms with van der Waals surface area (Å²) in [5.74, 6) is -0.700. The topological polar surface area (TPSA) is 88.6 Å². The lowest BCUT2D eigenvalue weighted by molar-refractivity contribution is -0.141. The first-order chi connectivity index (χ1) is 8.62. The molecule has 1 aromatic heterocycles. The van der Waals surface area contributed by atoms with Gasteiger partial charge in [0.2, 0.25) is 0 Å². The third kappa shape index (κ3) is 3.59. The maximum Gasteiger partial charge on any atom is 0.310 e. The second-order valence-corrected chi connectivity index (χ2v) is 3.76. The van der Waals surface area contributed by atoms with Crippen molar-refractivity contribution in [1.82, 2.24) is 4.98 Å². The number of carbonyl (C=O) groups is 2. The molecule has 1 rings (SSSR count). The minimum absolute atomic E-state index is 0.0758. The van der Waals surface area contributed by atoms with Crippen LogP contribution in [-0.2, 0) is 38.5 Å². The van der Waals surface area contributed by atoms with Crippen molar-refractivity contribution in [1.29, 1.82) is 0 Å². The van der Waals surface area contributed by atoms with Gasteiger partial charge in [0, 0.05) is 18.3 Å². The summed E-state index contributed by atoms with van der Waals surface area (Å²) < 4.78 is 9.16. The zero-order valence-electron chi connectivity index (χ0n) is 10.5. The Labute approximate surface area is 105 Å². The van der Waals surface area contributed by atoms with E-state index in [9.17, 15) is 9.59 Å². The number of aliphatic hydroxyl groups excluding tert-OH is 1. The lowest BCUT2D eigenvalue weighted by atomic mass is 10.0. The Bertz CT molecular complexity index is 424. The highest BCUT2D eigenvalue weighted by atomic mass is 16.5. The first kappa shape index (κ1) is 14.2. The Balaban J connectivity index is 2.80. The second-order valence-electron chi connectivity index (χ2n) is 3.76. The number of ether oxygens (including phenoxy) is 2. The molecule has 0 aliphatic carbocycles. The number of rotatable bonds is 6. The molecule has 0 saturated heterocycles. The first-order valence-corrected chi connectivity index (χ1v) is 5.54. The van der Waals surface area contributed by atoms with E-state index >= 15 is 0 Å². The fourth-order valence-electron chi connectivity index (χ4n) is 1.68. The van der Waals surface area contributed by atoms with Crippen LogP contribution in [0, 0.1) is 0 Å². The zero-order valence-corrected chi connectivity index (χ0v) is 10.5. The van der Waals surface area contributed by atoms with Gasteiger partial charge >= 0.3 is 11.9 Å². The zero-order chi connectivity index (χ0) is 13.5. The van der Waals surface area contributed by atoms with Crippen LogP contribution in [0.25, 0.3) is 0 Å². The van der Waals surface area contributed by atoms with Crippen LogP contribution >= 0.6 is 0 Å². The fraction of sp³-hybridized carbons (Fsp3) is 0.500. The van der Waals surface area contributed by atoms with Gasteiger partial charge < -0.3 is 19.6 Å². The Hall–Kier alpha value is -1.82. The van der Waals surface area contributed by atoms with Crippen molar-refractivity contribution in [3.8, 4) is 0 Å². The molecule has 18 heavy (non-hydrogen) atoms. The van der Waals surface area contributed by atoms with Crippen molar-refractivity contribution < 1.29 is 24.2 Å². The summed E-state index contributed by atoms with van der Waals surface area (Å²) in [6.45, 7) is -0.190. The largest absolute Gasteiger partial charge is 0.469 e. The van der Waals surface area contributed by atoms with E-state index in [0.717, 1.165) is 5.56 Å². The molecule has 100 valence electrons. The van der Waals surface area contributed by atoms with Gasteiger partial charge in [-0.2, -0.15) is 0 Å². The standard InChI is InChI=1S/C12H17NO5/c1-17-11(15)4-3-8-6-13-10(7-14)9(8)5-12(16)18-2/h6,13-14H,3-5,7H2,1-2H3. The maximum atomic E-state index is 11.3. The monoisotopic (exact) mass is 255 g/mol. The molecule has 1 aromatic rings. The van der Waals surface area contributed by atoms with Crippen LogP contribution in [0.1, 0.15) is 23.2 Å². The molecular weight excluding hydrogens is 238 g/mol. The number of hydrogen-bond acceptors (Lipinski definition) is 5. The summed E-state index contributed by atoms with van der Waals surface area (Å²) >= 11 is 0. The minimum atomic E-state index is -0.386. The predicted molar refractivity (Wildman–Crippen MR) is 62.8 cm³/mol. The number of aryl methyl sites for hydroxylation is 1. The number of nitrogens with one attached hydrogen (secondary N) is 1. The SMILES string of the molecule is COC(=O)CCc1c[nH]c(CO)c1CC(=O)OC. The van der Waals surface area contributed by atoms with Crippen molar-refractivity contribution in [2.45, 2.75) is 25.9 Å². The van der Waals surface area contributed by atoms with Gasteiger partial charge in [0.15, 0.2) is 0 Å². The van der Waals surface area contributed by atoms with Gasteiger partial charge in [-0.15, -0.1) is 0 Å². The molecule has 0 fully saturated rings. The van der Waals surface area contributed by atoms with Crippen LogP contribution < -0.4 is 0 Å². The van der Waals surface area contributed by atoms with E-state index in [2.05, 4.69) is 14.5 Å². The normalized spacial score (nSPS) is 10.2. The average molecular weight is 255 g/mol. The number of aromatic amines is 1. The molecule has 0 unspecified atom stereocenters. The second kappa shape index (κ2) is 6.80. The molecule has 2 N–H and O–H groups in total. The Kier molecular flexibility index (Phi) is 5.38. The van der Waals surface area contributed by atoms with Crippen molar-refractivity contribution in [2.75, 3.05) is 14.2 Å². The van der Waals surface area contributed by atoms with E-state index in [4.69, 9.17) is 5.11 Å². The molecule has 0 radical (unpaired) electrons. The average Bonchev–Trinajstić information content (AvgIpc) is 2.77. The van der Waals surface area contributed by atoms with E-state index in [1.165, 1.54) is 14.2 Å². The van der Waals surface area contributed by atoms with Crippen molar-refractivity contribution in [2.24, 2.45) is 0 Å². The number of methoxy groups -OCH3 is 2. The van der Waals surface area contributed by atoms with Gasteiger partial charge in [-0.05, 0) is 17.5 Å². The molecule has 0 amide bonds. The summed E-state index contributed by atoms with van der Waals surface area (Å²) in [5, 5.41) is 9.17. The van der Waals surface area contributed by atoms with E-state index < -0.39 is 0 Å². The number of esters is 2. The lowest BCUT2D eigenvalue weighted by Gasteiger charge is -2.05. The number of aromatic nitrogens is 1. The fourth-order valence-corrected chi connectivity index (χ4v) is 1.68. The number of carbonyl (C=O) groups excluding carboxylic acids is 2. The van der Waals surface area contributed by atoms with Gasteiger partial charge in [-0.1, -0.05) is 0 Å². The van der Waals surface area contributed by atoms with Crippen LogP contribution in [0.4, 0.5) is 0 Å². The molecule has 0 bridgehead atoms. The van der Waals surface area contributed by atoms with Crippen LogP contribution in [0.2, 0.25) is 0 Å². The van der Waals surface area contributed by atoms with Gasteiger partial charge in [-0.25, -0.2) is 0 Å². The highest BCUT2D eigenvalue weighted by molar-refractivity contribution is 5.74. The summed E-state index contributed by atoms with van der Waals surface area (Å²) in [5.41, 5.74) is 2.07. The number of hydrogen-bond donors (Lipinski definition) is 2. The van der Waals surface area contributed by atoms with E-state index in [0.29, 0.717) is 17.7 Å².